The zero-order valence-electron chi connectivity index (χ0n) is 6.25. The number of carbonyl (C=O) groups excluding carboxylic acids is 2. The van der Waals surface area contributed by atoms with Gasteiger partial charge in [0.2, 0.25) is 5.91 Å². The van der Waals surface area contributed by atoms with Crippen LogP contribution in [0, 0.1) is 17.8 Å². The van der Waals surface area contributed by atoms with Crippen LogP contribution in [0.5, 0.6) is 0 Å². The molecule has 0 aliphatic heterocycles. The number of nitrogens with two attached hydrogens (primary N) is 1. The highest BCUT2D eigenvalue weighted by Gasteiger charge is 2.49. The van der Waals surface area contributed by atoms with Crippen molar-refractivity contribution >= 4 is 11.7 Å². The Kier molecular flexibility index (Phi) is 1.28. The zero-order valence-corrected chi connectivity index (χ0v) is 6.25. The summed E-state index contributed by atoms with van der Waals surface area (Å²) in [5.41, 5.74) is 5.11. The van der Waals surface area contributed by atoms with Crippen LogP contribution < -0.4 is 5.73 Å². The van der Waals surface area contributed by atoms with Crippen LogP contribution in [0.2, 0.25) is 0 Å². The van der Waals surface area contributed by atoms with E-state index in [1.165, 1.54) is 0 Å². The third kappa shape index (κ3) is 0.800. The molecule has 0 aromatic heterocycles. The largest absolute Gasteiger partial charge is 0.369 e. The Morgan fingerprint density at radius 1 is 1.45 bits per heavy atom. The van der Waals surface area contributed by atoms with E-state index in [4.69, 9.17) is 5.73 Å². The van der Waals surface area contributed by atoms with E-state index in [0.29, 0.717) is 0 Å². The van der Waals surface area contributed by atoms with Crippen molar-refractivity contribution in [2.45, 2.75) is 19.3 Å². The molecule has 3 nitrogen and oxygen atoms in total. The minimum absolute atomic E-state index is 0.105. The predicted molar refractivity (Wildman–Crippen MR) is 38.5 cm³/mol. The topological polar surface area (TPSA) is 60.2 Å². The Balaban J connectivity index is 2.24. The summed E-state index contributed by atoms with van der Waals surface area (Å²) >= 11 is 0. The number of amides is 1. The van der Waals surface area contributed by atoms with E-state index in [0.717, 1.165) is 19.3 Å². The molecule has 3 atom stereocenters. The number of hydrogen-bond donors (Lipinski definition) is 1. The fourth-order valence-corrected chi connectivity index (χ4v) is 2.44. The van der Waals surface area contributed by atoms with Gasteiger partial charge in [0.15, 0.2) is 0 Å². The third-order valence-electron chi connectivity index (χ3n) is 2.96. The third-order valence-corrected chi connectivity index (χ3v) is 2.96. The fourth-order valence-electron chi connectivity index (χ4n) is 2.44. The number of fused-ring (bicyclic) bond motifs is 2. The molecule has 0 aromatic carbocycles. The highest BCUT2D eigenvalue weighted by atomic mass is 16.2. The summed E-state index contributed by atoms with van der Waals surface area (Å²) in [6.07, 6.45) is 2.91. The van der Waals surface area contributed by atoms with Gasteiger partial charge in [-0.3, -0.25) is 9.59 Å². The molecule has 2 N–H and O–H groups in total. The van der Waals surface area contributed by atoms with Gasteiger partial charge < -0.3 is 5.73 Å². The molecule has 2 rings (SSSR count). The van der Waals surface area contributed by atoms with Crippen molar-refractivity contribution in [1.82, 2.24) is 0 Å². The van der Waals surface area contributed by atoms with E-state index >= 15 is 0 Å². The quantitative estimate of drug-likeness (QED) is 0.542. The fraction of sp³-hybridized carbons (Fsp3) is 0.750. The zero-order chi connectivity index (χ0) is 8.01. The number of primary amides is 1. The smallest absolute Gasteiger partial charge is 0.228 e. The highest BCUT2D eigenvalue weighted by Crippen LogP contribution is 2.45. The van der Waals surface area contributed by atoms with Gasteiger partial charge in [-0.05, 0) is 25.2 Å². The van der Waals surface area contributed by atoms with Crippen molar-refractivity contribution in [3.05, 3.63) is 0 Å². The molecule has 0 radical (unpaired) electrons. The maximum atomic E-state index is 11.3. The van der Waals surface area contributed by atoms with Crippen molar-refractivity contribution in [3.8, 4) is 0 Å². The lowest BCUT2D eigenvalue weighted by atomic mass is 9.87. The summed E-state index contributed by atoms with van der Waals surface area (Å²) in [6.45, 7) is 0. The maximum Gasteiger partial charge on any atom is 0.228 e. The molecule has 2 fully saturated rings. The molecule has 0 spiro atoms. The first-order valence-corrected chi connectivity index (χ1v) is 4.03. The minimum atomic E-state index is -0.436. The second-order valence-corrected chi connectivity index (χ2v) is 3.55. The number of carbonyl (C=O) groups is 2. The summed E-state index contributed by atoms with van der Waals surface area (Å²) in [6, 6.07) is 0. The maximum absolute atomic E-state index is 11.3. The Labute approximate surface area is 64.9 Å². The van der Waals surface area contributed by atoms with Crippen LogP contribution in [0.3, 0.4) is 0 Å². The van der Waals surface area contributed by atoms with E-state index in [1.54, 1.807) is 0 Å². The Bertz CT molecular complexity index is 224. The van der Waals surface area contributed by atoms with Gasteiger partial charge in [0.05, 0.1) is 5.92 Å². The Hall–Kier alpha value is -0.860. The molecule has 3 unspecified atom stereocenters. The van der Waals surface area contributed by atoms with Crippen molar-refractivity contribution in [2.75, 3.05) is 0 Å². The van der Waals surface area contributed by atoms with Crippen LogP contribution in [0.4, 0.5) is 0 Å². The number of hydrogen-bond acceptors (Lipinski definition) is 2. The van der Waals surface area contributed by atoms with Crippen molar-refractivity contribution < 1.29 is 9.59 Å². The summed E-state index contributed by atoms with van der Waals surface area (Å²) in [7, 11) is 0. The summed E-state index contributed by atoms with van der Waals surface area (Å²) in [4.78, 5) is 22.1. The molecular formula is C8H11NO2. The summed E-state index contributed by atoms with van der Waals surface area (Å²) in [5.74, 6) is -0.299. The molecule has 2 aliphatic rings. The van der Waals surface area contributed by atoms with Gasteiger partial charge in [0, 0.05) is 5.92 Å². The average molecular weight is 153 g/mol. The van der Waals surface area contributed by atoms with Gasteiger partial charge in [0.25, 0.3) is 0 Å². The van der Waals surface area contributed by atoms with E-state index < -0.39 is 11.8 Å². The molecular weight excluding hydrogens is 142 g/mol. The molecule has 1 amide bonds. The number of Topliss-reactive ketones (excluding diaryl/α,β-unsaturated/α-hetero) is 1. The standard InChI is InChI=1S/C8H11NO2/c9-8(11)6-4-1-2-5(3-4)7(6)10/h4-6H,1-3H2,(H2,9,11). The Morgan fingerprint density at radius 2 is 2.18 bits per heavy atom. The lowest BCUT2D eigenvalue weighted by molar-refractivity contribution is -0.134. The van der Waals surface area contributed by atoms with Gasteiger partial charge in [-0.2, -0.15) is 0 Å². The molecule has 0 aromatic rings. The minimum Gasteiger partial charge on any atom is -0.369 e. The predicted octanol–water partition coefficient (Wildman–Crippen LogP) is 0.0869. The van der Waals surface area contributed by atoms with E-state index in [1.807, 2.05) is 0 Å². The van der Waals surface area contributed by atoms with Gasteiger partial charge >= 0.3 is 0 Å². The molecule has 2 aliphatic carbocycles. The molecule has 11 heavy (non-hydrogen) atoms. The second-order valence-electron chi connectivity index (χ2n) is 3.55. The second kappa shape index (κ2) is 2.06. The molecule has 3 heteroatoms. The van der Waals surface area contributed by atoms with Crippen LogP contribution >= 0.6 is 0 Å². The van der Waals surface area contributed by atoms with Gasteiger partial charge in [-0.25, -0.2) is 0 Å². The Morgan fingerprint density at radius 3 is 2.55 bits per heavy atom. The first-order chi connectivity index (χ1) is 5.20. The van der Waals surface area contributed by atoms with Crippen molar-refractivity contribution in [2.24, 2.45) is 23.5 Å². The first kappa shape index (κ1) is 6.83. The first-order valence-electron chi connectivity index (χ1n) is 4.03. The molecule has 2 saturated carbocycles. The molecule has 60 valence electrons. The van der Waals surface area contributed by atoms with Gasteiger partial charge in [-0.15, -0.1) is 0 Å². The van der Waals surface area contributed by atoms with E-state index in [-0.39, 0.29) is 17.6 Å². The lowest BCUT2D eigenvalue weighted by Crippen LogP contribution is -2.34. The lowest BCUT2D eigenvalue weighted by Gasteiger charge is -2.16. The van der Waals surface area contributed by atoms with Crippen LogP contribution in [0.25, 0.3) is 0 Å². The van der Waals surface area contributed by atoms with Crippen molar-refractivity contribution in [3.63, 3.8) is 0 Å². The van der Waals surface area contributed by atoms with Crippen LogP contribution in [0.15, 0.2) is 0 Å². The molecule has 0 saturated heterocycles. The molecule has 0 heterocycles. The average Bonchev–Trinajstić information content (AvgIpc) is 2.44. The van der Waals surface area contributed by atoms with Crippen molar-refractivity contribution in [1.29, 1.82) is 0 Å². The van der Waals surface area contributed by atoms with Gasteiger partial charge in [0.1, 0.15) is 5.78 Å². The summed E-state index contributed by atoms with van der Waals surface area (Å²) in [5, 5.41) is 0. The molecule has 2 bridgehead atoms. The van der Waals surface area contributed by atoms with E-state index in [2.05, 4.69) is 0 Å². The van der Waals surface area contributed by atoms with Crippen LogP contribution in [-0.2, 0) is 9.59 Å². The van der Waals surface area contributed by atoms with Crippen LogP contribution in [0.1, 0.15) is 19.3 Å². The number of ketones is 1. The highest BCUT2D eigenvalue weighted by molar-refractivity contribution is 6.04. The van der Waals surface area contributed by atoms with Crippen LogP contribution in [-0.4, -0.2) is 11.7 Å². The summed E-state index contributed by atoms with van der Waals surface area (Å²) < 4.78 is 0. The van der Waals surface area contributed by atoms with E-state index in [9.17, 15) is 9.59 Å². The SMILES string of the molecule is NC(=O)C1C(=O)C2CCC1C2. The number of rotatable bonds is 1. The monoisotopic (exact) mass is 153 g/mol. The van der Waals surface area contributed by atoms with Gasteiger partial charge in [-0.1, -0.05) is 0 Å². The normalized spacial score (nSPS) is 41.5.